The second kappa shape index (κ2) is 14.0. The minimum absolute atomic E-state index is 0.256. The van der Waals surface area contributed by atoms with E-state index in [4.69, 9.17) is 24.1 Å². The van der Waals surface area contributed by atoms with Gasteiger partial charge in [0.05, 0.1) is 32.0 Å². The van der Waals surface area contributed by atoms with E-state index in [1.54, 1.807) is 30.6 Å². The second-order valence-corrected chi connectivity index (χ2v) is 11.1. The van der Waals surface area contributed by atoms with Gasteiger partial charge in [0.2, 0.25) is 0 Å². The normalized spacial score (nSPS) is 16.0. The largest absolute Gasteiger partial charge is 0.542 e. The standard InChI is InChI=1S/C28H31NO5S.C2HF3O2/c1-32-24-11-10-21(16-25(24)34-23-4-2-3-5-23)26-17-22(18-29-12-14-33-15-13-29)27(35-26)19-6-8-20(9-7-19)28(30)31;3-2(4,5)1(6)7/h6-11,16-17,23H,2-5,12-15,18H2,1H3,(H,30,31);(H,6,7). The van der Waals surface area contributed by atoms with Gasteiger partial charge in [0, 0.05) is 15.3 Å². The number of hydrogen-bond acceptors (Lipinski definition) is 7. The number of rotatable bonds is 8. The minimum Gasteiger partial charge on any atom is -0.542 e. The van der Waals surface area contributed by atoms with Gasteiger partial charge in [-0.1, -0.05) is 12.1 Å². The molecule has 42 heavy (non-hydrogen) atoms. The van der Waals surface area contributed by atoms with E-state index >= 15 is 0 Å². The first-order valence-corrected chi connectivity index (χ1v) is 14.4. The van der Waals surface area contributed by atoms with Gasteiger partial charge in [-0.05, 0) is 73.2 Å². The molecule has 0 radical (unpaired) electrons. The molecule has 1 saturated carbocycles. The van der Waals surface area contributed by atoms with Gasteiger partial charge in [0.25, 0.3) is 0 Å². The van der Waals surface area contributed by atoms with Crippen LogP contribution in [-0.4, -0.2) is 62.7 Å². The molecule has 8 nitrogen and oxygen atoms in total. The fraction of sp³-hybridized carbons (Fsp3) is 0.400. The Morgan fingerprint density at radius 1 is 1.02 bits per heavy atom. The Labute approximate surface area is 245 Å². The van der Waals surface area contributed by atoms with Crippen LogP contribution in [0.5, 0.6) is 11.5 Å². The predicted octanol–water partition coefficient (Wildman–Crippen LogP) is 3.82. The van der Waals surface area contributed by atoms with Crippen LogP contribution >= 0.6 is 11.3 Å². The number of ether oxygens (including phenoxy) is 3. The molecule has 1 saturated heterocycles. The van der Waals surface area contributed by atoms with Crippen LogP contribution in [0.2, 0.25) is 0 Å². The molecule has 2 N–H and O–H groups in total. The molecule has 0 bridgehead atoms. The van der Waals surface area contributed by atoms with E-state index in [2.05, 4.69) is 18.2 Å². The van der Waals surface area contributed by atoms with Crippen molar-refractivity contribution in [3.05, 3.63) is 59.7 Å². The summed E-state index contributed by atoms with van der Waals surface area (Å²) in [4.78, 5) is 24.0. The molecule has 2 aromatic carbocycles. The number of aliphatic carboxylic acids is 1. The van der Waals surface area contributed by atoms with E-state index in [9.17, 15) is 23.1 Å². The van der Waals surface area contributed by atoms with Crippen molar-refractivity contribution in [1.82, 2.24) is 0 Å². The number of quaternary nitrogens is 1. The quantitative estimate of drug-likeness (QED) is 0.401. The zero-order valence-corrected chi connectivity index (χ0v) is 23.8. The average Bonchev–Trinajstić information content (AvgIpc) is 3.64. The first-order chi connectivity index (χ1) is 20.0. The highest BCUT2D eigenvalue weighted by atomic mass is 32.1. The molecule has 0 amide bonds. The van der Waals surface area contributed by atoms with Gasteiger partial charge in [-0.3, -0.25) is 0 Å². The lowest BCUT2D eigenvalue weighted by Gasteiger charge is -2.23. The Bertz CT molecular complexity index is 1360. The molecule has 0 spiro atoms. The summed E-state index contributed by atoms with van der Waals surface area (Å²) in [6, 6.07) is 15.7. The summed E-state index contributed by atoms with van der Waals surface area (Å²) in [6.45, 7) is 4.47. The monoisotopic (exact) mass is 607 g/mol. The van der Waals surface area contributed by atoms with Crippen molar-refractivity contribution in [2.75, 3.05) is 33.4 Å². The third-order valence-electron chi connectivity index (χ3n) is 7.12. The predicted molar refractivity (Wildman–Crippen MR) is 148 cm³/mol. The molecule has 2 aliphatic rings. The molecular weight excluding hydrogens is 575 g/mol. The summed E-state index contributed by atoms with van der Waals surface area (Å²) >= 11 is 1.75. The molecule has 226 valence electrons. The lowest BCUT2D eigenvalue weighted by Crippen LogP contribution is -3.12. The number of morpholine rings is 1. The maximum atomic E-state index is 11.3. The number of carbonyl (C=O) groups excluding carboxylic acids is 1. The lowest BCUT2D eigenvalue weighted by molar-refractivity contribution is -0.921. The maximum Gasteiger partial charge on any atom is 0.430 e. The summed E-state index contributed by atoms with van der Waals surface area (Å²) in [6.07, 6.45) is -0.319. The number of carboxylic acid groups (broad SMARTS) is 2. The smallest absolute Gasteiger partial charge is 0.430 e. The Balaban J connectivity index is 0.000000517. The van der Waals surface area contributed by atoms with Gasteiger partial charge in [-0.15, -0.1) is 11.3 Å². The van der Waals surface area contributed by atoms with E-state index < -0.39 is 18.1 Å². The number of halogens is 3. The van der Waals surface area contributed by atoms with Crippen molar-refractivity contribution in [3.8, 4) is 32.4 Å². The molecule has 1 aromatic heterocycles. The van der Waals surface area contributed by atoms with Crippen molar-refractivity contribution in [3.63, 3.8) is 0 Å². The average molecular weight is 608 g/mol. The molecule has 1 aliphatic heterocycles. The third-order valence-corrected chi connectivity index (χ3v) is 8.39. The van der Waals surface area contributed by atoms with Crippen LogP contribution in [0.3, 0.4) is 0 Å². The van der Waals surface area contributed by atoms with Gasteiger partial charge in [0.15, 0.2) is 11.5 Å². The summed E-state index contributed by atoms with van der Waals surface area (Å²) in [7, 11) is 1.68. The minimum atomic E-state index is -5.19. The topological polar surface area (TPSA) is 110 Å². The van der Waals surface area contributed by atoms with Gasteiger partial charge >= 0.3 is 12.1 Å². The SMILES string of the molecule is COc1ccc(-c2cc(C[NH+]3CCOCC3)c(-c3ccc(C(=O)O)cc3)s2)cc1OC1CCCC1.O=C([O-])C(F)(F)F. The summed E-state index contributed by atoms with van der Waals surface area (Å²) < 4.78 is 49.0. The van der Waals surface area contributed by atoms with Crippen LogP contribution < -0.4 is 19.5 Å². The number of carboxylic acids is 2. The van der Waals surface area contributed by atoms with Crippen molar-refractivity contribution >= 4 is 23.3 Å². The molecule has 0 unspecified atom stereocenters. The van der Waals surface area contributed by atoms with Crippen LogP contribution in [0.25, 0.3) is 20.9 Å². The highest BCUT2D eigenvalue weighted by Gasteiger charge is 2.29. The Morgan fingerprint density at radius 2 is 1.64 bits per heavy atom. The summed E-state index contributed by atoms with van der Waals surface area (Å²) in [5.74, 6) is -2.35. The molecule has 5 rings (SSSR count). The summed E-state index contributed by atoms with van der Waals surface area (Å²) in [5.41, 5.74) is 3.73. The Kier molecular flexibility index (Phi) is 10.5. The van der Waals surface area contributed by atoms with E-state index in [-0.39, 0.29) is 6.10 Å². The molecular formula is C30H32F3NO7S. The molecule has 1 aliphatic carbocycles. The Morgan fingerprint density at radius 3 is 2.21 bits per heavy atom. The van der Waals surface area contributed by atoms with Crippen molar-refractivity contribution in [2.24, 2.45) is 0 Å². The summed E-state index contributed by atoms with van der Waals surface area (Å²) in [5, 5.41) is 18.1. The molecule has 2 heterocycles. The van der Waals surface area contributed by atoms with Gasteiger partial charge in [0.1, 0.15) is 25.6 Å². The van der Waals surface area contributed by atoms with E-state index in [0.29, 0.717) is 5.56 Å². The van der Waals surface area contributed by atoms with Crippen molar-refractivity contribution in [1.29, 1.82) is 0 Å². The van der Waals surface area contributed by atoms with Crippen LogP contribution in [0.1, 0.15) is 41.6 Å². The Hall–Kier alpha value is -3.61. The van der Waals surface area contributed by atoms with Crippen LogP contribution in [0, 0.1) is 0 Å². The first kappa shape index (κ1) is 31.3. The van der Waals surface area contributed by atoms with E-state index in [1.165, 1.54) is 33.1 Å². The number of hydrogen-bond donors (Lipinski definition) is 2. The number of nitrogens with one attached hydrogen (secondary N) is 1. The van der Waals surface area contributed by atoms with E-state index in [1.807, 2.05) is 18.2 Å². The maximum absolute atomic E-state index is 11.3. The number of methoxy groups -OCH3 is 1. The van der Waals surface area contributed by atoms with Crippen LogP contribution in [0.4, 0.5) is 13.2 Å². The number of benzene rings is 2. The molecule has 3 aromatic rings. The van der Waals surface area contributed by atoms with E-state index in [0.717, 1.165) is 68.3 Å². The number of carbonyl (C=O) groups is 2. The first-order valence-electron chi connectivity index (χ1n) is 13.6. The zero-order chi connectivity index (χ0) is 30.3. The van der Waals surface area contributed by atoms with Crippen molar-refractivity contribution < 1.29 is 52.1 Å². The second-order valence-electron chi connectivity index (χ2n) is 10.1. The van der Waals surface area contributed by atoms with Crippen LogP contribution in [0.15, 0.2) is 48.5 Å². The number of thiophene rings is 1. The molecule has 0 atom stereocenters. The molecule has 2 fully saturated rings. The van der Waals surface area contributed by atoms with Crippen molar-refractivity contribution in [2.45, 2.75) is 44.5 Å². The zero-order valence-electron chi connectivity index (χ0n) is 23.0. The lowest BCUT2D eigenvalue weighted by atomic mass is 10.1. The van der Waals surface area contributed by atoms with Gasteiger partial charge in [-0.25, -0.2) is 4.79 Å². The highest BCUT2D eigenvalue weighted by Crippen LogP contribution is 2.41. The number of alkyl halides is 3. The van der Waals surface area contributed by atoms with Gasteiger partial charge in [-0.2, -0.15) is 13.2 Å². The number of aromatic carboxylic acids is 1. The van der Waals surface area contributed by atoms with Crippen LogP contribution in [-0.2, 0) is 16.1 Å². The third kappa shape index (κ3) is 8.24. The fourth-order valence-corrected chi connectivity index (χ4v) is 6.11. The molecule has 12 heteroatoms. The highest BCUT2D eigenvalue weighted by molar-refractivity contribution is 7.19. The van der Waals surface area contributed by atoms with Gasteiger partial charge < -0.3 is 34.1 Å². The fourth-order valence-electron chi connectivity index (χ4n) is 4.92.